The molecule has 1 aliphatic rings. The van der Waals surface area contributed by atoms with Crippen LogP contribution in [-0.2, 0) is 24.9 Å². The lowest BCUT2D eigenvalue weighted by Gasteiger charge is -2.19. The summed E-state index contributed by atoms with van der Waals surface area (Å²) in [5.41, 5.74) is 0. The molecule has 9 heteroatoms. The summed E-state index contributed by atoms with van der Waals surface area (Å²) in [6.07, 6.45) is 2.43. The first-order valence-corrected chi connectivity index (χ1v) is 9.82. The molecule has 1 heterocycles. The van der Waals surface area contributed by atoms with E-state index in [2.05, 4.69) is 0 Å². The molecular formula is C13H20N2O5S2. The van der Waals surface area contributed by atoms with Gasteiger partial charge in [-0.1, -0.05) is 10.5 Å². The Hall–Kier alpha value is -1.00. The van der Waals surface area contributed by atoms with E-state index in [4.69, 9.17) is 4.84 Å². The molecule has 0 unspecified atom stereocenters. The van der Waals surface area contributed by atoms with Gasteiger partial charge in [0.1, 0.15) is 0 Å². The number of hydroxylamine groups is 1. The first kappa shape index (κ1) is 17.4. The summed E-state index contributed by atoms with van der Waals surface area (Å²) < 4.78 is 51.4. The van der Waals surface area contributed by atoms with Crippen LogP contribution in [0.25, 0.3) is 0 Å². The molecule has 1 saturated heterocycles. The van der Waals surface area contributed by atoms with Crippen molar-refractivity contribution in [2.24, 2.45) is 0 Å². The lowest BCUT2D eigenvalue weighted by atomic mass is 10.2. The summed E-state index contributed by atoms with van der Waals surface area (Å²) in [6, 6.07) is 5.33. The summed E-state index contributed by atoms with van der Waals surface area (Å²) in [5.74, 6) is 0. The average molecular weight is 348 g/mol. The Labute approximate surface area is 131 Å². The fourth-order valence-electron chi connectivity index (χ4n) is 2.06. The predicted molar refractivity (Wildman–Crippen MR) is 81.0 cm³/mol. The highest BCUT2D eigenvalue weighted by molar-refractivity contribution is 7.89. The molecule has 0 radical (unpaired) electrons. The Bertz CT molecular complexity index is 721. The van der Waals surface area contributed by atoms with Crippen LogP contribution in [0.5, 0.6) is 0 Å². The Morgan fingerprint density at radius 3 is 2.41 bits per heavy atom. The van der Waals surface area contributed by atoms with E-state index in [0.717, 1.165) is 28.0 Å². The Kier molecular flexibility index (Phi) is 5.23. The summed E-state index contributed by atoms with van der Waals surface area (Å²) in [5, 5.41) is 0. The highest BCUT2D eigenvalue weighted by Gasteiger charge is 2.28. The van der Waals surface area contributed by atoms with E-state index in [0.29, 0.717) is 6.61 Å². The molecule has 2 rings (SSSR count). The van der Waals surface area contributed by atoms with E-state index in [1.54, 1.807) is 0 Å². The fourth-order valence-corrected chi connectivity index (χ4v) is 4.43. The second-order valence-corrected chi connectivity index (χ2v) is 9.17. The van der Waals surface area contributed by atoms with Crippen molar-refractivity contribution >= 4 is 20.0 Å². The molecule has 124 valence electrons. The minimum absolute atomic E-state index is 0.0617. The van der Waals surface area contributed by atoms with E-state index < -0.39 is 20.0 Å². The van der Waals surface area contributed by atoms with Crippen LogP contribution in [0.15, 0.2) is 34.1 Å². The molecule has 0 spiro atoms. The third-order valence-electron chi connectivity index (χ3n) is 3.37. The average Bonchev–Trinajstić information content (AvgIpc) is 2.76. The van der Waals surface area contributed by atoms with Crippen LogP contribution in [0.1, 0.15) is 19.3 Å². The predicted octanol–water partition coefficient (Wildman–Crippen LogP) is 1.04. The normalized spacial score (nSPS) is 18.3. The van der Waals surface area contributed by atoms with Crippen LogP contribution >= 0.6 is 0 Å². The van der Waals surface area contributed by atoms with Crippen LogP contribution in [0.4, 0.5) is 0 Å². The van der Waals surface area contributed by atoms with Crippen LogP contribution in [0.3, 0.4) is 0 Å². The van der Waals surface area contributed by atoms with Gasteiger partial charge in [-0.2, -0.15) is 0 Å². The van der Waals surface area contributed by atoms with Gasteiger partial charge in [0.2, 0.25) is 10.0 Å². The van der Waals surface area contributed by atoms with Gasteiger partial charge in [0.05, 0.1) is 16.4 Å². The van der Waals surface area contributed by atoms with Crippen molar-refractivity contribution in [3.8, 4) is 0 Å². The molecule has 0 N–H and O–H groups in total. The first-order chi connectivity index (χ1) is 10.3. The van der Waals surface area contributed by atoms with Crippen molar-refractivity contribution in [3.63, 3.8) is 0 Å². The zero-order valence-corrected chi connectivity index (χ0v) is 14.2. The molecule has 1 aromatic rings. The number of hydrogen-bond donors (Lipinski definition) is 0. The van der Waals surface area contributed by atoms with E-state index in [1.165, 1.54) is 38.4 Å². The minimum atomic E-state index is -3.87. The van der Waals surface area contributed by atoms with E-state index in [-0.39, 0.29) is 16.3 Å². The largest absolute Gasteiger partial charge is 0.284 e. The molecule has 0 aliphatic carbocycles. The molecule has 1 fully saturated rings. The lowest BCUT2D eigenvalue weighted by Crippen LogP contribution is -2.31. The summed E-state index contributed by atoms with van der Waals surface area (Å²) in [7, 11) is -4.76. The van der Waals surface area contributed by atoms with E-state index in [1.807, 2.05) is 0 Å². The molecule has 1 aliphatic heterocycles. The number of rotatable bonds is 4. The molecule has 0 saturated carbocycles. The third kappa shape index (κ3) is 3.49. The van der Waals surface area contributed by atoms with Gasteiger partial charge in [-0.25, -0.2) is 21.1 Å². The second kappa shape index (κ2) is 6.63. The maximum absolute atomic E-state index is 12.6. The zero-order valence-electron chi connectivity index (χ0n) is 12.6. The van der Waals surface area contributed by atoms with Crippen molar-refractivity contribution in [1.82, 2.24) is 8.77 Å². The van der Waals surface area contributed by atoms with Crippen LogP contribution < -0.4 is 0 Å². The highest BCUT2D eigenvalue weighted by atomic mass is 32.2. The Balaban J connectivity index is 2.40. The topological polar surface area (TPSA) is 84.0 Å². The standard InChI is InChI=1S/C13H20N2O5S2/c1-14(2)21(16,17)12-7-6-8-13(11-12)22(18,19)15-9-4-3-5-10-20-15/h6-8,11H,3-5,9-10H2,1-2H3. The van der Waals surface area contributed by atoms with Crippen molar-refractivity contribution in [3.05, 3.63) is 24.3 Å². The molecule has 1 aromatic carbocycles. The molecular weight excluding hydrogens is 328 g/mol. The van der Waals surface area contributed by atoms with Crippen LogP contribution in [0.2, 0.25) is 0 Å². The van der Waals surface area contributed by atoms with Gasteiger partial charge in [0.25, 0.3) is 10.0 Å². The van der Waals surface area contributed by atoms with Crippen molar-refractivity contribution < 1.29 is 21.7 Å². The van der Waals surface area contributed by atoms with Gasteiger partial charge in [-0.3, -0.25) is 4.84 Å². The first-order valence-electron chi connectivity index (χ1n) is 6.94. The van der Waals surface area contributed by atoms with Gasteiger partial charge in [0, 0.05) is 20.6 Å². The second-order valence-electron chi connectivity index (χ2n) is 5.19. The monoisotopic (exact) mass is 348 g/mol. The highest BCUT2D eigenvalue weighted by Crippen LogP contribution is 2.23. The van der Waals surface area contributed by atoms with Crippen molar-refractivity contribution in [1.29, 1.82) is 0 Å². The fraction of sp³-hybridized carbons (Fsp3) is 0.538. The Morgan fingerprint density at radius 2 is 1.73 bits per heavy atom. The van der Waals surface area contributed by atoms with E-state index >= 15 is 0 Å². The zero-order chi connectivity index (χ0) is 16.4. The molecule has 0 bridgehead atoms. The number of benzene rings is 1. The minimum Gasteiger partial charge on any atom is -0.284 e. The Morgan fingerprint density at radius 1 is 1.05 bits per heavy atom. The van der Waals surface area contributed by atoms with Gasteiger partial charge < -0.3 is 0 Å². The number of hydrogen-bond acceptors (Lipinski definition) is 5. The molecule has 0 aromatic heterocycles. The van der Waals surface area contributed by atoms with Gasteiger partial charge >= 0.3 is 0 Å². The van der Waals surface area contributed by atoms with E-state index in [9.17, 15) is 16.8 Å². The summed E-state index contributed by atoms with van der Waals surface area (Å²) in [6.45, 7) is 0.613. The van der Waals surface area contributed by atoms with Crippen molar-refractivity contribution in [2.45, 2.75) is 29.1 Å². The molecule has 22 heavy (non-hydrogen) atoms. The quantitative estimate of drug-likeness (QED) is 0.812. The van der Waals surface area contributed by atoms with Crippen molar-refractivity contribution in [2.75, 3.05) is 27.2 Å². The summed E-state index contributed by atoms with van der Waals surface area (Å²) in [4.78, 5) is 5.13. The molecule has 0 atom stereocenters. The maximum Gasteiger partial charge on any atom is 0.265 e. The smallest absolute Gasteiger partial charge is 0.265 e. The lowest BCUT2D eigenvalue weighted by molar-refractivity contribution is -0.0748. The SMILES string of the molecule is CN(C)S(=O)(=O)c1cccc(S(=O)(=O)N2CCCCCO2)c1. The maximum atomic E-state index is 12.6. The summed E-state index contributed by atoms with van der Waals surface area (Å²) >= 11 is 0. The van der Waals surface area contributed by atoms with Crippen LogP contribution in [-0.4, -0.2) is 52.9 Å². The molecule has 7 nitrogen and oxygen atoms in total. The van der Waals surface area contributed by atoms with Gasteiger partial charge in [-0.05, 0) is 37.5 Å². The molecule has 0 amide bonds. The van der Waals surface area contributed by atoms with Gasteiger partial charge in [-0.15, -0.1) is 0 Å². The number of sulfonamides is 2. The third-order valence-corrected chi connectivity index (χ3v) is 6.86. The van der Waals surface area contributed by atoms with Gasteiger partial charge in [0.15, 0.2) is 0 Å². The van der Waals surface area contributed by atoms with Crippen LogP contribution in [0, 0.1) is 0 Å². The number of nitrogens with zero attached hydrogens (tertiary/aromatic N) is 2.